The van der Waals surface area contributed by atoms with E-state index >= 15 is 0 Å². The molecule has 0 saturated heterocycles. The molecule has 33 heavy (non-hydrogen) atoms. The van der Waals surface area contributed by atoms with E-state index in [4.69, 9.17) is 18.8 Å². The zero-order chi connectivity index (χ0) is 23.0. The molecule has 1 heterocycles. The summed E-state index contributed by atoms with van der Waals surface area (Å²) in [5, 5.41) is 0. The fourth-order valence-corrected chi connectivity index (χ4v) is 3.36. The lowest BCUT2D eigenvalue weighted by Gasteiger charge is -2.24. The third-order valence-corrected chi connectivity index (χ3v) is 5.30. The van der Waals surface area contributed by atoms with Gasteiger partial charge in [0.25, 0.3) is 0 Å². The van der Waals surface area contributed by atoms with Crippen molar-refractivity contribution in [3.63, 3.8) is 0 Å². The minimum absolute atomic E-state index is 0.138. The smallest absolute Gasteiger partial charge is 0.463 e. The van der Waals surface area contributed by atoms with Crippen LogP contribution in [0.1, 0.15) is 42.3 Å². The van der Waals surface area contributed by atoms with Crippen LogP contribution in [0.2, 0.25) is 0 Å². The lowest BCUT2D eigenvalue weighted by Crippen LogP contribution is -2.43. The highest BCUT2D eigenvalue weighted by Crippen LogP contribution is 2.25. The van der Waals surface area contributed by atoms with E-state index in [0.29, 0.717) is 0 Å². The topological polar surface area (TPSA) is 90.0 Å². The van der Waals surface area contributed by atoms with E-state index in [2.05, 4.69) is 5.48 Å². The van der Waals surface area contributed by atoms with Gasteiger partial charge in [0.15, 0.2) is 11.9 Å². The molecule has 0 unspecified atom stereocenters. The standard InChI is InChI=1S/C25H24N2O6/c1-30-24(28)22(21-16-9-17-31-21)27(33-20-14-8-15-20)25(29)26-32-23(18-10-4-2-5-11-18)19-12-6-3-7-13-19/h2-7,9-13,16-17,20,23H,8,14-15H2,1H3/p+1/b27-22-. The lowest BCUT2D eigenvalue weighted by atomic mass is 9.97. The molecule has 1 aliphatic rings. The van der Waals surface area contributed by atoms with Gasteiger partial charge in [0.1, 0.15) is 6.10 Å². The summed E-state index contributed by atoms with van der Waals surface area (Å²) in [6.07, 6.45) is 3.14. The van der Waals surface area contributed by atoms with Gasteiger partial charge < -0.3 is 14.0 Å². The molecular formula is C25H25N2O6+. The highest BCUT2D eigenvalue weighted by Gasteiger charge is 2.37. The maximum atomic E-state index is 13.2. The first-order valence-electron chi connectivity index (χ1n) is 10.7. The van der Waals surface area contributed by atoms with Crippen LogP contribution in [0.25, 0.3) is 0 Å². The van der Waals surface area contributed by atoms with Crippen LogP contribution in [0.5, 0.6) is 0 Å². The summed E-state index contributed by atoms with van der Waals surface area (Å²) in [6, 6.07) is 21.4. The lowest BCUT2D eigenvalue weighted by molar-refractivity contribution is -0.732. The summed E-state index contributed by atoms with van der Waals surface area (Å²) in [4.78, 5) is 37.5. The number of hydrogen-bond donors (Lipinski definition) is 1. The van der Waals surface area contributed by atoms with E-state index in [0.717, 1.165) is 35.1 Å². The molecule has 1 aliphatic carbocycles. The van der Waals surface area contributed by atoms with Crippen LogP contribution >= 0.6 is 0 Å². The van der Waals surface area contributed by atoms with E-state index in [1.54, 1.807) is 12.1 Å². The Hall–Kier alpha value is -3.91. The second-order valence-corrected chi connectivity index (χ2v) is 7.50. The van der Waals surface area contributed by atoms with Crippen molar-refractivity contribution in [1.29, 1.82) is 0 Å². The molecule has 0 aliphatic heterocycles. The van der Waals surface area contributed by atoms with Gasteiger partial charge in [-0.3, -0.25) is 0 Å². The molecule has 8 nitrogen and oxygen atoms in total. The second kappa shape index (κ2) is 10.6. The molecule has 1 N–H and O–H groups in total. The maximum Gasteiger partial charge on any atom is 0.562 e. The quantitative estimate of drug-likeness (QED) is 0.240. The first-order chi connectivity index (χ1) is 16.2. The highest BCUT2D eigenvalue weighted by molar-refractivity contribution is 6.40. The third kappa shape index (κ3) is 5.30. The third-order valence-electron chi connectivity index (χ3n) is 5.30. The van der Waals surface area contributed by atoms with Crippen molar-refractivity contribution in [3.05, 3.63) is 95.9 Å². The largest absolute Gasteiger partial charge is 0.562 e. The van der Waals surface area contributed by atoms with Gasteiger partial charge >= 0.3 is 17.7 Å². The van der Waals surface area contributed by atoms with Crippen molar-refractivity contribution in [1.82, 2.24) is 5.48 Å². The van der Waals surface area contributed by atoms with Gasteiger partial charge in [-0.15, -0.1) is 0 Å². The number of benzene rings is 2. The van der Waals surface area contributed by atoms with Crippen molar-refractivity contribution >= 4 is 17.7 Å². The number of carbonyl (C=O) groups excluding carboxylic acids is 2. The molecule has 4 rings (SSSR count). The van der Waals surface area contributed by atoms with Gasteiger partial charge in [0, 0.05) is 4.74 Å². The Morgan fingerprint density at radius 1 is 0.970 bits per heavy atom. The number of rotatable bonds is 8. The van der Waals surface area contributed by atoms with Gasteiger partial charge in [-0.05, 0) is 42.5 Å². The Bertz CT molecular complexity index is 1050. The minimum atomic E-state index is -0.782. The van der Waals surface area contributed by atoms with E-state index < -0.39 is 18.1 Å². The monoisotopic (exact) mass is 449 g/mol. The van der Waals surface area contributed by atoms with Crippen molar-refractivity contribution in [2.45, 2.75) is 31.5 Å². The average Bonchev–Trinajstić information content (AvgIpc) is 3.36. The van der Waals surface area contributed by atoms with Gasteiger partial charge in [-0.2, -0.15) is 9.63 Å². The molecule has 1 aromatic heterocycles. The summed E-state index contributed by atoms with van der Waals surface area (Å²) in [6.45, 7) is 0. The Morgan fingerprint density at radius 3 is 2.09 bits per heavy atom. The zero-order valence-electron chi connectivity index (χ0n) is 18.2. The number of carbonyl (C=O) groups is 2. The summed E-state index contributed by atoms with van der Waals surface area (Å²) in [5.74, 6) is -0.638. The Kier molecular flexibility index (Phi) is 7.16. The number of hydrogen-bond acceptors (Lipinski definition) is 6. The van der Waals surface area contributed by atoms with Crippen molar-refractivity contribution in [2.24, 2.45) is 0 Å². The number of urea groups is 1. The first kappa shape index (κ1) is 22.3. The van der Waals surface area contributed by atoms with Crippen LogP contribution in [0.4, 0.5) is 4.79 Å². The van der Waals surface area contributed by atoms with Gasteiger partial charge in [-0.1, -0.05) is 66.1 Å². The summed E-state index contributed by atoms with van der Waals surface area (Å²) >= 11 is 0. The van der Waals surface area contributed by atoms with E-state index in [1.165, 1.54) is 13.4 Å². The normalized spacial score (nSPS) is 14.2. The van der Waals surface area contributed by atoms with E-state index in [1.807, 2.05) is 60.7 Å². The molecule has 0 radical (unpaired) electrons. The van der Waals surface area contributed by atoms with E-state index in [-0.39, 0.29) is 17.6 Å². The number of esters is 1. The van der Waals surface area contributed by atoms with Crippen molar-refractivity contribution in [2.75, 3.05) is 7.11 Å². The molecule has 1 fully saturated rings. The van der Waals surface area contributed by atoms with Crippen molar-refractivity contribution in [3.8, 4) is 0 Å². The number of hydroxylamine groups is 2. The fraction of sp³-hybridized carbons (Fsp3) is 0.240. The van der Waals surface area contributed by atoms with Crippen LogP contribution in [0.3, 0.4) is 0 Å². The summed E-state index contributed by atoms with van der Waals surface area (Å²) < 4.78 is 11.1. The van der Waals surface area contributed by atoms with Gasteiger partial charge in [0.2, 0.25) is 0 Å². The van der Waals surface area contributed by atoms with E-state index in [9.17, 15) is 9.59 Å². The number of amides is 2. The van der Waals surface area contributed by atoms with Crippen LogP contribution in [0.15, 0.2) is 83.5 Å². The number of nitrogens with zero attached hydrogens (tertiary/aromatic N) is 1. The van der Waals surface area contributed by atoms with Crippen molar-refractivity contribution < 1.29 is 33.2 Å². The average molecular weight is 449 g/mol. The van der Waals surface area contributed by atoms with Crippen LogP contribution in [-0.4, -0.2) is 35.7 Å². The molecule has 2 amide bonds. The molecule has 0 atom stereocenters. The number of furan rings is 1. The molecule has 3 aromatic rings. The molecule has 170 valence electrons. The molecule has 1 saturated carbocycles. The molecule has 8 heteroatoms. The number of nitrogens with one attached hydrogen (secondary N) is 1. The summed E-state index contributed by atoms with van der Waals surface area (Å²) in [7, 11) is 1.22. The zero-order valence-corrected chi connectivity index (χ0v) is 18.2. The number of ether oxygens (including phenoxy) is 1. The molecule has 0 bridgehead atoms. The van der Waals surface area contributed by atoms with Gasteiger partial charge in [0.05, 0.1) is 13.4 Å². The van der Waals surface area contributed by atoms with Crippen LogP contribution in [0, 0.1) is 0 Å². The highest BCUT2D eigenvalue weighted by atomic mass is 16.7. The molecular weight excluding hydrogens is 424 g/mol. The fourth-order valence-electron chi connectivity index (χ4n) is 3.36. The molecule has 0 spiro atoms. The Labute approximate surface area is 191 Å². The van der Waals surface area contributed by atoms with Gasteiger partial charge in [-0.25, -0.2) is 4.79 Å². The Balaban J connectivity index is 1.64. The Morgan fingerprint density at radius 2 is 1.61 bits per heavy atom. The maximum absolute atomic E-state index is 13.2. The van der Waals surface area contributed by atoms with Crippen LogP contribution in [-0.2, 0) is 19.2 Å². The van der Waals surface area contributed by atoms with Crippen LogP contribution < -0.4 is 5.48 Å². The predicted octanol–water partition coefficient (Wildman–Crippen LogP) is 4.17. The SMILES string of the molecule is COC(=O)/C(c1ccco1)=[N+](\OC1CCC1)C(=O)NOC(c1ccccc1)c1ccccc1. The second-order valence-electron chi connectivity index (χ2n) is 7.50. The minimum Gasteiger partial charge on any atom is -0.463 e. The first-order valence-corrected chi connectivity index (χ1v) is 10.7. The molecule has 2 aromatic carbocycles. The predicted molar refractivity (Wildman–Crippen MR) is 118 cm³/mol. The summed E-state index contributed by atoms with van der Waals surface area (Å²) in [5.41, 5.74) is 3.96. The number of methoxy groups -OCH3 is 1.